The van der Waals surface area contributed by atoms with Crippen molar-refractivity contribution >= 4 is 40.0 Å². The Balaban J connectivity index is 1.64. The molecule has 2 amide bonds. The smallest absolute Gasteiger partial charge is 0.251 e. The highest BCUT2D eigenvalue weighted by molar-refractivity contribution is 8.00. The van der Waals surface area contributed by atoms with Crippen LogP contribution >= 0.6 is 11.8 Å². The molecule has 0 radical (unpaired) electrons. The third-order valence-corrected chi connectivity index (χ3v) is 4.60. The van der Waals surface area contributed by atoms with Crippen LogP contribution in [0.25, 0.3) is 10.8 Å². The summed E-state index contributed by atoms with van der Waals surface area (Å²) in [5, 5.41) is 16.3. The highest BCUT2D eigenvalue weighted by atomic mass is 32.2. The van der Waals surface area contributed by atoms with Crippen molar-refractivity contribution in [2.45, 2.75) is 11.9 Å². The lowest BCUT2D eigenvalue weighted by molar-refractivity contribution is -0.113. The van der Waals surface area contributed by atoms with Gasteiger partial charge in [-0.1, -0.05) is 42.1 Å². The van der Waals surface area contributed by atoms with E-state index < -0.39 is 0 Å². The van der Waals surface area contributed by atoms with E-state index in [9.17, 15) is 9.59 Å². The number of nitrogens with zero attached hydrogens (tertiary/aromatic N) is 2. The second-order valence-electron chi connectivity index (χ2n) is 5.51. The van der Waals surface area contributed by atoms with Gasteiger partial charge < -0.3 is 10.6 Å². The van der Waals surface area contributed by atoms with Crippen molar-refractivity contribution in [1.29, 1.82) is 0 Å². The van der Waals surface area contributed by atoms with E-state index in [1.807, 2.05) is 31.2 Å². The molecule has 2 aromatic carbocycles. The van der Waals surface area contributed by atoms with Crippen molar-refractivity contribution in [3.8, 4) is 0 Å². The molecule has 0 saturated heterocycles. The monoisotopic (exact) mass is 366 g/mol. The first-order valence-electron chi connectivity index (χ1n) is 8.18. The molecule has 0 saturated carbocycles. The van der Waals surface area contributed by atoms with Gasteiger partial charge in [0, 0.05) is 28.6 Å². The molecule has 26 heavy (non-hydrogen) atoms. The molecule has 1 heterocycles. The molecular weight excluding hydrogens is 348 g/mol. The fourth-order valence-electron chi connectivity index (χ4n) is 2.44. The molecule has 0 unspecified atom stereocenters. The Hall–Kier alpha value is -2.93. The molecule has 3 rings (SSSR count). The zero-order chi connectivity index (χ0) is 18.4. The van der Waals surface area contributed by atoms with E-state index in [-0.39, 0.29) is 17.6 Å². The molecule has 6 nitrogen and oxygen atoms in total. The van der Waals surface area contributed by atoms with Crippen LogP contribution in [0, 0.1) is 0 Å². The Bertz CT molecular complexity index is 940. The first kappa shape index (κ1) is 17.9. The number of rotatable bonds is 6. The summed E-state index contributed by atoms with van der Waals surface area (Å²) in [6.45, 7) is 2.41. The van der Waals surface area contributed by atoms with Crippen molar-refractivity contribution in [3.63, 3.8) is 0 Å². The van der Waals surface area contributed by atoms with Crippen LogP contribution in [0.5, 0.6) is 0 Å². The second kappa shape index (κ2) is 8.44. The summed E-state index contributed by atoms with van der Waals surface area (Å²) in [6.07, 6.45) is 1.70. The van der Waals surface area contributed by atoms with Gasteiger partial charge in [0.1, 0.15) is 5.03 Å². The summed E-state index contributed by atoms with van der Waals surface area (Å²) in [6, 6.07) is 14.6. The molecule has 3 aromatic rings. The molecule has 0 bridgehead atoms. The molecule has 0 atom stereocenters. The van der Waals surface area contributed by atoms with Crippen molar-refractivity contribution < 1.29 is 9.59 Å². The number of aromatic nitrogens is 2. The van der Waals surface area contributed by atoms with E-state index >= 15 is 0 Å². The van der Waals surface area contributed by atoms with Crippen molar-refractivity contribution in [3.05, 3.63) is 60.3 Å². The third kappa shape index (κ3) is 4.37. The number of carbonyl (C=O) groups is 2. The summed E-state index contributed by atoms with van der Waals surface area (Å²) in [4.78, 5) is 24.1. The van der Waals surface area contributed by atoms with Crippen LogP contribution in [-0.4, -0.2) is 34.3 Å². The van der Waals surface area contributed by atoms with Crippen molar-refractivity contribution in [2.24, 2.45) is 0 Å². The summed E-state index contributed by atoms with van der Waals surface area (Å²) in [7, 11) is 0. The summed E-state index contributed by atoms with van der Waals surface area (Å²) >= 11 is 1.33. The number of carbonyl (C=O) groups excluding carboxylic acids is 2. The van der Waals surface area contributed by atoms with E-state index in [1.54, 1.807) is 30.5 Å². The third-order valence-electron chi connectivity index (χ3n) is 3.62. The van der Waals surface area contributed by atoms with Gasteiger partial charge in [0.15, 0.2) is 0 Å². The van der Waals surface area contributed by atoms with Gasteiger partial charge in [0.2, 0.25) is 5.91 Å². The standard InChI is InChI=1S/C19H18N4O2S/c1-2-20-18(25)13-7-5-8-15(10-13)22-17(24)12-26-19-16-9-4-3-6-14(16)11-21-23-19/h3-11H,2,12H2,1H3,(H,20,25)(H,22,24). The number of thioether (sulfide) groups is 1. The number of hydrogen-bond acceptors (Lipinski definition) is 5. The van der Waals surface area contributed by atoms with Gasteiger partial charge in [-0.15, -0.1) is 5.10 Å². The fraction of sp³-hybridized carbons (Fsp3) is 0.158. The van der Waals surface area contributed by atoms with Crippen molar-refractivity contribution in [1.82, 2.24) is 15.5 Å². The van der Waals surface area contributed by atoms with Crippen LogP contribution in [0.15, 0.2) is 59.8 Å². The van der Waals surface area contributed by atoms with Crippen LogP contribution in [0.3, 0.4) is 0 Å². The summed E-state index contributed by atoms with van der Waals surface area (Å²) < 4.78 is 0. The number of benzene rings is 2. The first-order valence-corrected chi connectivity index (χ1v) is 9.17. The molecule has 132 valence electrons. The van der Waals surface area contributed by atoms with E-state index in [1.165, 1.54) is 11.8 Å². The largest absolute Gasteiger partial charge is 0.352 e. The first-order chi connectivity index (χ1) is 12.7. The Morgan fingerprint density at radius 2 is 1.96 bits per heavy atom. The topological polar surface area (TPSA) is 84.0 Å². The fourth-order valence-corrected chi connectivity index (χ4v) is 3.23. The Morgan fingerprint density at radius 1 is 1.12 bits per heavy atom. The molecule has 0 aliphatic rings. The zero-order valence-electron chi connectivity index (χ0n) is 14.2. The van der Waals surface area contributed by atoms with Crippen LogP contribution in [0.4, 0.5) is 5.69 Å². The van der Waals surface area contributed by atoms with Crippen LogP contribution in [-0.2, 0) is 4.79 Å². The summed E-state index contributed by atoms with van der Waals surface area (Å²) in [5.74, 6) is -0.129. The van der Waals surface area contributed by atoms with Gasteiger partial charge in [-0.3, -0.25) is 9.59 Å². The molecule has 0 spiro atoms. The number of amides is 2. The average Bonchev–Trinajstić information content (AvgIpc) is 2.67. The molecule has 2 N–H and O–H groups in total. The van der Waals surface area contributed by atoms with Gasteiger partial charge in [-0.2, -0.15) is 5.10 Å². The van der Waals surface area contributed by atoms with Crippen LogP contribution in [0.2, 0.25) is 0 Å². The average molecular weight is 366 g/mol. The number of hydrogen-bond donors (Lipinski definition) is 2. The maximum Gasteiger partial charge on any atom is 0.251 e. The minimum Gasteiger partial charge on any atom is -0.352 e. The number of nitrogens with one attached hydrogen (secondary N) is 2. The molecule has 0 aliphatic carbocycles. The van der Waals surface area contributed by atoms with Gasteiger partial charge >= 0.3 is 0 Å². The van der Waals surface area contributed by atoms with Crippen LogP contribution in [0.1, 0.15) is 17.3 Å². The van der Waals surface area contributed by atoms with E-state index in [2.05, 4.69) is 20.8 Å². The lowest BCUT2D eigenvalue weighted by Gasteiger charge is -2.08. The predicted octanol–water partition coefficient (Wildman–Crippen LogP) is 3.11. The lowest BCUT2D eigenvalue weighted by atomic mass is 10.2. The maximum absolute atomic E-state index is 12.2. The second-order valence-corrected chi connectivity index (χ2v) is 6.48. The predicted molar refractivity (Wildman–Crippen MR) is 103 cm³/mol. The lowest BCUT2D eigenvalue weighted by Crippen LogP contribution is -2.23. The number of fused-ring (bicyclic) bond motifs is 1. The maximum atomic E-state index is 12.2. The Kier molecular flexibility index (Phi) is 5.80. The zero-order valence-corrected chi connectivity index (χ0v) is 15.0. The van der Waals surface area contributed by atoms with Gasteiger partial charge in [0.25, 0.3) is 5.91 Å². The minimum atomic E-state index is -0.169. The highest BCUT2D eigenvalue weighted by Gasteiger charge is 2.10. The molecule has 0 aliphatic heterocycles. The minimum absolute atomic E-state index is 0.163. The highest BCUT2D eigenvalue weighted by Crippen LogP contribution is 2.24. The van der Waals surface area contributed by atoms with Gasteiger partial charge in [-0.25, -0.2) is 0 Å². The van der Waals surface area contributed by atoms with Gasteiger partial charge in [0.05, 0.1) is 11.9 Å². The van der Waals surface area contributed by atoms with E-state index in [4.69, 9.17) is 0 Å². The summed E-state index contributed by atoms with van der Waals surface area (Å²) in [5.41, 5.74) is 1.10. The van der Waals surface area contributed by atoms with Crippen molar-refractivity contribution in [2.75, 3.05) is 17.6 Å². The van der Waals surface area contributed by atoms with Gasteiger partial charge in [-0.05, 0) is 25.1 Å². The number of anilines is 1. The quantitative estimate of drug-likeness (QED) is 0.655. The van der Waals surface area contributed by atoms with E-state index in [0.717, 1.165) is 10.8 Å². The normalized spacial score (nSPS) is 10.5. The molecule has 7 heteroatoms. The molecular formula is C19H18N4O2S. The SMILES string of the molecule is CCNC(=O)c1cccc(NC(=O)CSc2nncc3ccccc23)c1. The Morgan fingerprint density at radius 3 is 2.81 bits per heavy atom. The Labute approximate surface area is 155 Å². The molecule has 1 aromatic heterocycles. The molecule has 0 fully saturated rings. The van der Waals surface area contributed by atoms with E-state index in [0.29, 0.717) is 22.8 Å². The van der Waals surface area contributed by atoms with Crippen LogP contribution < -0.4 is 10.6 Å².